The van der Waals surface area contributed by atoms with E-state index in [0.29, 0.717) is 41.2 Å². The van der Waals surface area contributed by atoms with Crippen LogP contribution >= 0.6 is 11.3 Å². The van der Waals surface area contributed by atoms with Crippen LogP contribution in [0.1, 0.15) is 5.56 Å². The van der Waals surface area contributed by atoms with Crippen molar-refractivity contribution in [3.05, 3.63) is 80.0 Å². The van der Waals surface area contributed by atoms with Gasteiger partial charge in [-0.2, -0.15) is 5.26 Å². The van der Waals surface area contributed by atoms with Crippen molar-refractivity contribution in [3.63, 3.8) is 0 Å². The minimum atomic E-state index is -0.389. The summed E-state index contributed by atoms with van der Waals surface area (Å²) in [4.78, 5) is 32.0. The van der Waals surface area contributed by atoms with Crippen LogP contribution in [0.4, 0.5) is 0 Å². The fraction of sp³-hybridized carbons (Fsp3) is 0.182. The predicted molar refractivity (Wildman–Crippen MR) is 113 cm³/mol. The van der Waals surface area contributed by atoms with Gasteiger partial charge in [-0.3, -0.25) is 19.1 Å². The molecule has 3 aromatic rings. The lowest BCUT2D eigenvalue weighted by Gasteiger charge is -2.26. The molecule has 1 fully saturated rings. The number of ether oxygens (including phenoxy) is 1. The Balaban J connectivity index is 1.98. The minimum absolute atomic E-state index is 0.0475. The summed E-state index contributed by atoms with van der Waals surface area (Å²) in [5.74, 6) is -0.389. The maximum atomic E-state index is 13.3. The number of rotatable bonds is 3. The van der Waals surface area contributed by atoms with E-state index in [2.05, 4.69) is 4.98 Å². The van der Waals surface area contributed by atoms with Gasteiger partial charge in [0.25, 0.3) is 11.5 Å². The van der Waals surface area contributed by atoms with Gasteiger partial charge in [0.15, 0.2) is 5.57 Å². The first-order valence-electron chi connectivity index (χ1n) is 9.39. The van der Waals surface area contributed by atoms with Gasteiger partial charge < -0.3 is 9.64 Å². The second-order valence-electron chi connectivity index (χ2n) is 6.57. The number of para-hydroxylation sites is 1. The van der Waals surface area contributed by atoms with E-state index in [-0.39, 0.29) is 17.0 Å². The van der Waals surface area contributed by atoms with E-state index in [1.807, 2.05) is 30.3 Å². The van der Waals surface area contributed by atoms with Crippen LogP contribution < -0.4 is 14.8 Å². The number of benzene rings is 1. The van der Waals surface area contributed by atoms with E-state index in [9.17, 15) is 14.9 Å². The molecule has 0 N–H and O–H groups in total. The molecule has 1 aliphatic rings. The molecule has 1 aromatic carbocycles. The van der Waals surface area contributed by atoms with Crippen molar-refractivity contribution in [2.24, 2.45) is 0 Å². The van der Waals surface area contributed by atoms with Gasteiger partial charge in [0.2, 0.25) is 0 Å². The summed E-state index contributed by atoms with van der Waals surface area (Å²) in [5.41, 5.74) is 1.03. The molecular formula is C22H18N4O3S. The first kappa shape index (κ1) is 19.8. The van der Waals surface area contributed by atoms with Crippen LogP contribution in [0, 0.1) is 11.3 Å². The Morgan fingerprint density at radius 1 is 1.17 bits per heavy atom. The summed E-state index contributed by atoms with van der Waals surface area (Å²) >= 11 is 1.13. The highest BCUT2D eigenvalue weighted by Crippen LogP contribution is 2.07. The third-order valence-electron chi connectivity index (χ3n) is 4.66. The Morgan fingerprint density at radius 3 is 2.60 bits per heavy atom. The third kappa shape index (κ3) is 3.94. The molecule has 0 saturated carbocycles. The lowest BCUT2D eigenvalue weighted by Crippen LogP contribution is -2.42. The van der Waals surface area contributed by atoms with Gasteiger partial charge in [0, 0.05) is 25.5 Å². The van der Waals surface area contributed by atoms with Gasteiger partial charge in [0.05, 0.1) is 23.4 Å². The molecule has 0 radical (unpaired) electrons. The normalized spacial score (nSPS) is 15.6. The van der Waals surface area contributed by atoms with Crippen molar-refractivity contribution in [1.29, 1.82) is 5.26 Å². The summed E-state index contributed by atoms with van der Waals surface area (Å²) in [6.45, 7) is 1.69. The zero-order valence-electron chi connectivity index (χ0n) is 16.0. The van der Waals surface area contributed by atoms with Gasteiger partial charge in [-0.25, -0.2) is 0 Å². The molecule has 2 aromatic heterocycles. The number of carbonyl (C=O) groups is 1. The van der Waals surface area contributed by atoms with Gasteiger partial charge in [0.1, 0.15) is 10.7 Å². The van der Waals surface area contributed by atoms with Gasteiger partial charge in [-0.05, 0) is 29.8 Å². The number of nitrogens with zero attached hydrogens (tertiary/aromatic N) is 4. The zero-order chi connectivity index (χ0) is 20.9. The number of hydrogen-bond donors (Lipinski definition) is 0. The van der Waals surface area contributed by atoms with Gasteiger partial charge in [-0.15, -0.1) is 11.3 Å². The second-order valence-corrected chi connectivity index (χ2v) is 7.60. The second kappa shape index (κ2) is 8.86. The van der Waals surface area contributed by atoms with Gasteiger partial charge in [-0.1, -0.05) is 24.3 Å². The number of nitriles is 1. The third-order valence-corrected chi connectivity index (χ3v) is 5.75. The zero-order valence-corrected chi connectivity index (χ0v) is 16.8. The van der Waals surface area contributed by atoms with Crippen molar-refractivity contribution >= 4 is 28.9 Å². The van der Waals surface area contributed by atoms with Crippen molar-refractivity contribution in [1.82, 2.24) is 14.5 Å². The number of aromatic nitrogens is 2. The van der Waals surface area contributed by atoms with Gasteiger partial charge >= 0.3 is 0 Å². The standard InChI is InChI=1S/C22H18N4O3S/c23-14-18(20(27)25-9-11-29-12-10-25)22-26(17-6-2-1-3-7-17)21(28)19(30-22)13-16-5-4-8-24-15-16/h1-8,13,15H,9-12H2/b19-13+,22-18+. The molecule has 0 bridgehead atoms. The maximum Gasteiger partial charge on any atom is 0.273 e. The lowest BCUT2D eigenvalue weighted by molar-refractivity contribution is -0.128. The van der Waals surface area contributed by atoms with Crippen molar-refractivity contribution in [2.75, 3.05) is 26.3 Å². The van der Waals surface area contributed by atoms with Crippen LogP contribution in [0.3, 0.4) is 0 Å². The molecule has 30 heavy (non-hydrogen) atoms. The Labute approximate surface area is 176 Å². The average Bonchev–Trinajstić information content (AvgIpc) is 3.11. The molecule has 3 heterocycles. The molecule has 0 spiro atoms. The van der Waals surface area contributed by atoms with E-state index >= 15 is 0 Å². The fourth-order valence-electron chi connectivity index (χ4n) is 3.19. The largest absolute Gasteiger partial charge is 0.378 e. The van der Waals surface area contributed by atoms with Crippen LogP contribution in [0.2, 0.25) is 0 Å². The predicted octanol–water partition coefficient (Wildman–Crippen LogP) is 0.656. The lowest BCUT2D eigenvalue weighted by atomic mass is 10.2. The molecule has 1 aliphatic heterocycles. The highest BCUT2D eigenvalue weighted by atomic mass is 32.1. The first-order chi connectivity index (χ1) is 14.7. The molecule has 0 aliphatic carbocycles. The van der Waals surface area contributed by atoms with Crippen LogP contribution in [0.5, 0.6) is 0 Å². The highest BCUT2D eigenvalue weighted by molar-refractivity contribution is 7.07. The van der Waals surface area contributed by atoms with E-state index in [0.717, 1.165) is 16.9 Å². The average molecular weight is 418 g/mol. The Morgan fingerprint density at radius 2 is 1.93 bits per heavy atom. The molecule has 8 heteroatoms. The van der Waals surface area contributed by atoms with Crippen LogP contribution in [0.15, 0.2) is 59.7 Å². The summed E-state index contributed by atoms with van der Waals surface area (Å²) < 4.78 is 7.48. The van der Waals surface area contributed by atoms with E-state index in [1.165, 1.54) is 4.57 Å². The Hall–Kier alpha value is -3.54. The molecule has 1 amide bonds. The number of carbonyl (C=O) groups excluding carboxylic acids is 1. The van der Waals surface area contributed by atoms with Crippen molar-refractivity contribution < 1.29 is 9.53 Å². The van der Waals surface area contributed by atoms with Crippen LogP contribution in [-0.4, -0.2) is 46.7 Å². The van der Waals surface area contributed by atoms with Crippen LogP contribution in [-0.2, 0) is 9.53 Å². The quantitative estimate of drug-likeness (QED) is 0.623. The maximum absolute atomic E-state index is 13.3. The number of morpholine rings is 1. The monoisotopic (exact) mass is 418 g/mol. The Kier molecular flexibility index (Phi) is 5.84. The van der Waals surface area contributed by atoms with Crippen LogP contribution in [0.25, 0.3) is 17.3 Å². The number of pyridine rings is 1. The smallest absolute Gasteiger partial charge is 0.273 e. The molecule has 0 atom stereocenters. The molecule has 4 rings (SSSR count). The summed E-state index contributed by atoms with van der Waals surface area (Å²) in [6, 6.07) is 14.7. The fourth-order valence-corrected chi connectivity index (χ4v) is 4.28. The Bertz CT molecular complexity index is 1270. The number of thiazole rings is 1. The summed E-state index contributed by atoms with van der Waals surface area (Å²) in [7, 11) is 0. The van der Waals surface area contributed by atoms with E-state index in [4.69, 9.17) is 4.74 Å². The minimum Gasteiger partial charge on any atom is -0.378 e. The van der Waals surface area contributed by atoms with E-state index in [1.54, 1.807) is 41.6 Å². The topological polar surface area (TPSA) is 88.2 Å². The van der Waals surface area contributed by atoms with Crippen molar-refractivity contribution in [2.45, 2.75) is 0 Å². The molecule has 7 nitrogen and oxygen atoms in total. The number of hydrogen-bond acceptors (Lipinski definition) is 6. The molecule has 0 unspecified atom stereocenters. The van der Waals surface area contributed by atoms with Crippen molar-refractivity contribution in [3.8, 4) is 11.8 Å². The SMILES string of the molecule is N#C/C(C(=O)N1CCOCC1)=c1\s/c(=C/c2cccnc2)c(=O)n1-c1ccccc1. The van der Waals surface area contributed by atoms with E-state index < -0.39 is 0 Å². The molecular weight excluding hydrogens is 400 g/mol. The molecule has 1 saturated heterocycles. The highest BCUT2D eigenvalue weighted by Gasteiger charge is 2.23. The molecule has 150 valence electrons. The summed E-state index contributed by atoms with van der Waals surface area (Å²) in [5, 5.41) is 9.85. The number of amides is 1. The first-order valence-corrected chi connectivity index (χ1v) is 10.2. The summed E-state index contributed by atoms with van der Waals surface area (Å²) in [6.07, 6.45) is 5.03.